The molecule has 0 rings (SSSR count). The molecule has 0 saturated carbocycles. The number of carbonyl (C=O) groups excluding carboxylic acids is 1. The van der Waals surface area contributed by atoms with Gasteiger partial charge in [0, 0.05) is 24.5 Å². The van der Waals surface area contributed by atoms with Crippen LogP contribution in [0.4, 0.5) is 4.79 Å². The van der Waals surface area contributed by atoms with Crippen molar-refractivity contribution in [3.05, 3.63) is 10.4 Å². The minimum Gasteiger partial charge on any atom is -0.480 e. The van der Waals surface area contributed by atoms with E-state index >= 15 is 0 Å². The van der Waals surface area contributed by atoms with Gasteiger partial charge in [-0.3, -0.25) is 0 Å². The molecule has 12 heteroatoms. The molecule has 12 nitrogen and oxygen atoms in total. The zero-order valence-corrected chi connectivity index (χ0v) is 17.4. The molecule has 0 bridgehead atoms. The standard InChI is InChI=1S/C17H32N4O8/c1-17(2,3)29-16(24)21(6-9-28-14-15(22)23)5-8-26-11-13-27-12-10-25-7-4-19-20-18/h4-14H2,1-3H3,(H,22,23). The number of nitrogens with zero attached hydrogens (tertiary/aromatic N) is 4. The smallest absolute Gasteiger partial charge is 0.410 e. The molecule has 0 heterocycles. The summed E-state index contributed by atoms with van der Waals surface area (Å²) in [6, 6.07) is 0. The first-order valence-corrected chi connectivity index (χ1v) is 9.28. The van der Waals surface area contributed by atoms with Crippen molar-refractivity contribution in [1.29, 1.82) is 0 Å². The van der Waals surface area contributed by atoms with Gasteiger partial charge in [0.1, 0.15) is 12.2 Å². The van der Waals surface area contributed by atoms with Gasteiger partial charge in [-0.25, -0.2) is 9.59 Å². The first-order valence-electron chi connectivity index (χ1n) is 9.28. The summed E-state index contributed by atoms with van der Waals surface area (Å²) in [5.74, 6) is -1.07. The zero-order chi connectivity index (χ0) is 22.0. The first-order chi connectivity index (χ1) is 13.8. The van der Waals surface area contributed by atoms with E-state index in [1.54, 1.807) is 20.8 Å². The van der Waals surface area contributed by atoms with Crippen LogP contribution in [0.2, 0.25) is 0 Å². The lowest BCUT2D eigenvalue weighted by atomic mass is 10.2. The van der Waals surface area contributed by atoms with Gasteiger partial charge in [0.05, 0.1) is 46.2 Å². The second-order valence-electron chi connectivity index (χ2n) is 6.71. The van der Waals surface area contributed by atoms with Crippen LogP contribution in [0, 0.1) is 0 Å². The second kappa shape index (κ2) is 16.8. The Morgan fingerprint density at radius 3 is 1.97 bits per heavy atom. The number of hydrogen-bond donors (Lipinski definition) is 1. The van der Waals surface area contributed by atoms with E-state index in [0.717, 1.165) is 0 Å². The highest BCUT2D eigenvalue weighted by Gasteiger charge is 2.21. The first kappa shape index (κ1) is 26.9. The number of azide groups is 1. The lowest BCUT2D eigenvalue weighted by molar-refractivity contribution is -0.142. The average Bonchev–Trinajstić information content (AvgIpc) is 2.62. The summed E-state index contributed by atoms with van der Waals surface area (Å²) < 4.78 is 26.3. The topological polar surface area (TPSA) is 153 Å². The van der Waals surface area contributed by atoms with Crippen LogP contribution in [-0.2, 0) is 28.5 Å². The maximum Gasteiger partial charge on any atom is 0.410 e. The molecule has 0 fully saturated rings. The number of hydrogen-bond acceptors (Lipinski definition) is 8. The highest BCUT2D eigenvalue weighted by molar-refractivity contribution is 5.68. The number of carboxylic acids is 1. The van der Waals surface area contributed by atoms with Crippen LogP contribution < -0.4 is 0 Å². The van der Waals surface area contributed by atoms with Gasteiger partial charge < -0.3 is 33.7 Å². The van der Waals surface area contributed by atoms with Crippen molar-refractivity contribution in [3.63, 3.8) is 0 Å². The largest absolute Gasteiger partial charge is 0.480 e. The molecular formula is C17H32N4O8. The molecule has 29 heavy (non-hydrogen) atoms. The van der Waals surface area contributed by atoms with Crippen molar-refractivity contribution >= 4 is 12.1 Å². The fourth-order valence-electron chi connectivity index (χ4n) is 1.82. The summed E-state index contributed by atoms with van der Waals surface area (Å²) in [7, 11) is 0. The molecular weight excluding hydrogens is 388 g/mol. The van der Waals surface area contributed by atoms with Crippen molar-refractivity contribution in [2.24, 2.45) is 5.11 Å². The van der Waals surface area contributed by atoms with Crippen molar-refractivity contribution in [2.45, 2.75) is 26.4 Å². The van der Waals surface area contributed by atoms with Gasteiger partial charge in [-0.15, -0.1) is 0 Å². The third-order valence-corrected chi connectivity index (χ3v) is 3.03. The van der Waals surface area contributed by atoms with E-state index in [2.05, 4.69) is 10.0 Å². The average molecular weight is 420 g/mol. The molecule has 0 aliphatic rings. The van der Waals surface area contributed by atoms with Gasteiger partial charge >= 0.3 is 12.1 Å². The summed E-state index contributed by atoms with van der Waals surface area (Å²) in [5, 5.41) is 11.9. The summed E-state index contributed by atoms with van der Waals surface area (Å²) in [4.78, 5) is 26.7. The van der Waals surface area contributed by atoms with Crippen molar-refractivity contribution in [1.82, 2.24) is 4.90 Å². The predicted molar refractivity (Wildman–Crippen MR) is 103 cm³/mol. The van der Waals surface area contributed by atoms with Gasteiger partial charge in [0.25, 0.3) is 0 Å². The molecule has 0 radical (unpaired) electrons. The highest BCUT2D eigenvalue weighted by atomic mass is 16.6. The van der Waals surface area contributed by atoms with Crippen molar-refractivity contribution < 1.29 is 38.4 Å². The number of rotatable bonds is 17. The molecule has 0 aliphatic heterocycles. The Kier molecular flexibility index (Phi) is 15.6. The Morgan fingerprint density at radius 2 is 1.45 bits per heavy atom. The predicted octanol–water partition coefficient (Wildman–Crippen LogP) is 1.68. The number of carbonyl (C=O) groups is 2. The van der Waals surface area contributed by atoms with Gasteiger partial charge in [-0.05, 0) is 26.3 Å². The van der Waals surface area contributed by atoms with Crippen LogP contribution in [0.25, 0.3) is 10.4 Å². The van der Waals surface area contributed by atoms with Crippen LogP contribution in [0.1, 0.15) is 20.8 Å². The molecule has 168 valence electrons. The Bertz CT molecular complexity index is 506. The number of carboxylic acid groups (broad SMARTS) is 1. The van der Waals surface area contributed by atoms with Gasteiger partial charge in [0.2, 0.25) is 0 Å². The third-order valence-electron chi connectivity index (χ3n) is 3.03. The second-order valence-corrected chi connectivity index (χ2v) is 6.71. The fraction of sp³-hybridized carbons (Fsp3) is 0.882. The molecule has 0 spiro atoms. The SMILES string of the molecule is CC(C)(C)OC(=O)N(CCOCCOCCOCCN=[N+]=[N-])CCOCC(=O)O. The maximum atomic E-state index is 12.2. The zero-order valence-electron chi connectivity index (χ0n) is 17.4. The molecule has 0 saturated heterocycles. The molecule has 0 aromatic rings. The highest BCUT2D eigenvalue weighted by Crippen LogP contribution is 2.09. The van der Waals surface area contributed by atoms with Gasteiger partial charge in [-0.1, -0.05) is 5.11 Å². The molecule has 0 aromatic heterocycles. The lowest BCUT2D eigenvalue weighted by Gasteiger charge is -2.27. The summed E-state index contributed by atoms with van der Waals surface area (Å²) in [5.41, 5.74) is 7.46. The van der Waals surface area contributed by atoms with Crippen LogP contribution in [0.15, 0.2) is 5.11 Å². The molecule has 0 unspecified atom stereocenters. The Hall–Kier alpha value is -2.11. The maximum absolute atomic E-state index is 12.2. The van der Waals surface area contributed by atoms with E-state index < -0.39 is 24.3 Å². The van der Waals surface area contributed by atoms with Gasteiger partial charge in [-0.2, -0.15) is 0 Å². The molecule has 0 aromatic carbocycles. The molecule has 0 atom stereocenters. The normalized spacial score (nSPS) is 11.0. The van der Waals surface area contributed by atoms with Crippen molar-refractivity contribution in [3.8, 4) is 0 Å². The third kappa shape index (κ3) is 19.0. The molecule has 1 amide bonds. The van der Waals surface area contributed by atoms with E-state index in [-0.39, 0.29) is 32.8 Å². The minimum absolute atomic E-state index is 0.0777. The van der Waals surface area contributed by atoms with Crippen LogP contribution in [0.3, 0.4) is 0 Å². The Labute approximate surface area is 170 Å². The summed E-state index contributed by atoms with van der Waals surface area (Å²) in [6.07, 6.45) is -0.519. The Morgan fingerprint density at radius 1 is 0.931 bits per heavy atom. The lowest BCUT2D eigenvalue weighted by Crippen LogP contribution is -2.40. The van der Waals surface area contributed by atoms with Crippen LogP contribution >= 0.6 is 0 Å². The van der Waals surface area contributed by atoms with E-state index in [0.29, 0.717) is 33.0 Å². The van der Waals surface area contributed by atoms with Crippen LogP contribution in [0.5, 0.6) is 0 Å². The Balaban J connectivity index is 3.95. The molecule has 1 N–H and O–H groups in total. The van der Waals surface area contributed by atoms with Gasteiger partial charge in [0.15, 0.2) is 0 Å². The van der Waals surface area contributed by atoms with E-state index in [4.69, 9.17) is 34.3 Å². The van der Waals surface area contributed by atoms with Crippen molar-refractivity contribution in [2.75, 3.05) is 72.5 Å². The number of aliphatic carboxylic acids is 1. The quantitative estimate of drug-likeness (QED) is 0.161. The van der Waals surface area contributed by atoms with E-state index in [1.165, 1.54) is 4.90 Å². The molecule has 0 aliphatic carbocycles. The minimum atomic E-state index is -1.07. The number of ether oxygens (including phenoxy) is 5. The summed E-state index contributed by atoms with van der Waals surface area (Å²) in [6.45, 7) is 7.80. The monoisotopic (exact) mass is 420 g/mol. The van der Waals surface area contributed by atoms with E-state index in [9.17, 15) is 9.59 Å². The fourth-order valence-corrected chi connectivity index (χ4v) is 1.82. The van der Waals surface area contributed by atoms with Crippen LogP contribution in [-0.4, -0.2) is 100 Å². The van der Waals surface area contributed by atoms with E-state index in [1.807, 2.05) is 0 Å². The summed E-state index contributed by atoms with van der Waals surface area (Å²) >= 11 is 0. The number of amides is 1.